The summed E-state index contributed by atoms with van der Waals surface area (Å²) in [5, 5.41) is 3.68. The Morgan fingerprint density at radius 3 is 2.52 bits per heavy atom. The molecule has 1 atom stereocenters. The van der Waals surface area contributed by atoms with E-state index in [-0.39, 0.29) is 5.78 Å². The summed E-state index contributed by atoms with van der Waals surface area (Å²) in [7, 11) is 0. The van der Waals surface area contributed by atoms with Crippen molar-refractivity contribution in [3.63, 3.8) is 0 Å². The number of fused-ring (bicyclic) bond motifs is 1. The minimum atomic E-state index is -0.969. The van der Waals surface area contributed by atoms with Crippen LogP contribution < -0.4 is 5.32 Å². The monoisotopic (exact) mass is 381 g/mol. The van der Waals surface area contributed by atoms with Gasteiger partial charge < -0.3 is 10.1 Å². The van der Waals surface area contributed by atoms with E-state index in [4.69, 9.17) is 4.74 Å². The molecule has 138 valence electrons. The predicted molar refractivity (Wildman–Crippen MR) is 107 cm³/mol. The molecule has 1 N–H and O–H groups in total. The number of ether oxygens (including phenoxy) is 1. The highest BCUT2D eigenvalue weighted by atomic mass is 32.1. The van der Waals surface area contributed by atoms with E-state index < -0.39 is 18.0 Å². The van der Waals surface area contributed by atoms with Gasteiger partial charge in [0.15, 0.2) is 11.9 Å². The zero-order valence-electron chi connectivity index (χ0n) is 15.2. The number of aryl methyl sites for hydroxylation is 1. The molecule has 0 fully saturated rings. The minimum Gasteiger partial charge on any atom is -0.448 e. The molecule has 0 aliphatic heterocycles. The maximum absolute atomic E-state index is 12.5. The molecule has 0 unspecified atom stereocenters. The van der Waals surface area contributed by atoms with Crippen LogP contribution in [0.25, 0.3) is 10.1 Å². The van der Waals surface area contributed by atoms with Crippen LogP contribution in [0.2, 0.25) is 0 Å². The summed E-state index contributed by atoms with van der Waals surface area (Å²) in [4.78, 5) is 36.8. The molecule has 0 saturated carbocycles. The van der Waals surface area contributed by atoms with Crippen LogP contribution >= 0.6 is 11.3 Å². The number of rotatable bonds is 5. The smallest absolute Gasteiger partial charge is 0.349 e. The third-order valence-corrected chi connectivity index (χ3v) is 5.47. The Kier molecular flexibility index (Phi) is 5.37. The zero-order chi connectivity index (χ0) is 19.6. The lowest BCUT2D eigenvalue weighted by Crippen LogP contribution is -2.30. The standard InChI is InChI=1S/C21H19NO4S/c1-12-17-9-4-5-10-18(17)27-19(12)21(25)26-14(3)20(24)22-16-8-6-7-15(11-16)13(2)23/h4-11,14H,1-3H3,(H,22,24)/t14-/m0/s1. The molecule has 1 heterocycles. The molecular weight excluding hydrogens is 362 g/mol. The van der Waals surface area contributed by atoms with Crippen LogP contribution in [0, 0.1) is 6.92 Å². The summed E-state index contributed by atoms with van der Waals surface area (Å²) >= 11 is 1.35. The lowest BCUT2D eigenvalue weighted by molar-refractivity contribution is -0.123. The van der Waals surface area contributed by atoms with Gasteiger partial charge in [-0.05, 0) is 49.9 Å². The minimum absolute atomic E-state index is 0.0918. The summed E-state index contributed by atoms with van der Waals surface area (Å²) in [6.45, 7) is 4.84. The number of thiophene rings is 1. The summed E-state index contributed by atoms with van der Waals surface area (Å²) < 4.78 is 6.35. The van der Waals surface area contributed by atoms with Gasteiger partial charge >= 0.3 is 5.97 Å². The molecule has 1 aromatic heterocycles. The number of nitrogens with one attached hydrogen (secondary N) is 1. The van der Waals surface area contributed by atoms with Crippen molar-refractivity contribution in [3.8, 4) is 0 Å². The third kappa shape index (κ3) is 4.06. The first kappa shape index (κ1) is 18.8. The Morgan fingerprint density at radius 1 is 1.07 bits per heavy atom. The van der Waals surface area contributed by atoms with E-state index in [2.05, 4.69) is 5.32 Å². The first-order chi connectivity index (χ1) is 12.9. The predicted octanol–water partition coefficient (Wildman–Crippen LogP) is 4.60. The van der Waals surface area contributed by atoms with Crippen molar-refractivity contribution >= 4 is 44.8 Å². The van der Waals surface area contributed by atoms with Gasteiger partial charge in [-0.25, -0.2) is 4.79 Å². The van der Waals surface area contributed by atoms with Crippen LogP contribution in [0.1, 0.15) is 39.4 Å². The topological polar surface area (TPSA) is 72.5 Å². The molecule has 1 amide bonds. The van der Waals surface area contributed by atoms with Crippen molar-refractivity contribution in [2.75, 3.05) is 5.32 Å². The number of esters is 1. The number of ketones is 1. The normalized spacial score (nSPS) is 11.8. The zero-order valence-corrected chi connectivity index (χ0v) is 16.1. The van der Waals surface area contributed by atoms with Gasteiger partial charge in [-0.15, -0.1) is 11.3 Å². The molecule has 6 heteroatoms. The molecule has 5 nitrogen and oxygen atoms in total. The van der Waals surface area contributed by atoms with E-state index in [9.17, 15) is 14.4 Å². The fourth-order valence-corrected chi connectivity index (χ4v) is 3.79. The van der Waals surface area contributed by atoms with E-state index in [1.165, 1.54) is 25.2 Å². The van der Waals surface area contributed by atoms with Crippen LogP contribution in [-0.2, 0) is 9.53 Å². The maximum Gasteiger partial charge on any atom is 0.349 e. The third-order valence-electron chi connectivity index (χ3n) is 4.22. The largest absolute Gasteiger partial charge is 0.448 e. The molecule has 0 radical (unpaired) electrons. The fourth-order valence-electron chi connectivity index (χ4n) is 2.70. The summed E-state index contributed by atoms with van der Waals surface area (Å²) in [5.41, 5.74) is 1.83. The average Bonchev–Trinajstić information content (AvgIpc) is 2.99. The number of benzene rings is 2. The van der Waals surface area contributed by atoms with Crippen molar-refractivity contribution in [3.05, 3.63) is 64.5 Å². The second kappa shape index (κ2) is 7.72. The second-order valence-electron chi connectivity index (χ2n) is 6.23. The molecule has 2 aromatic carbocycles. The Labute approximate surface area is 161 Å². The van der Waals surface area contributed by atoms with Crippen LogP contribution in [0.3, 0.4) is 0 Å². The van der Waals surface area contributed by atoms with Crippen LogP contribution in [0.15, 0.2) is 48.5 Å². The Balaban J connectivity index is 1.70. The van der Waals surface area contributed by atoms with Gasteiger partial charge in [0, 0.05) is 16.0 Å². The van der Waals surface area contributed by atoms with E-state index in [0.29, 0.717) is 16.1 Å². The van der Waals surface area contributed by atoms with Crippen molar-refractivity contribution in [2.24, 2.45) is 0 Å². The lowest BCUT2D eigenvalue weighted by atomic mass is 10.1. The SMILES string of the molecule is CC(=O)c1cccc(NC(=O)[C@H](C)OC(=O)c2sc3ccccc3c2C)c1. The number of Topliss-reactive ketones (excluding diaryl/α,β-unsaturated/α-hetero) is 1. The highest BCUT2D eigenvalue weighted by Gasteiger charge is 2.22. The van der Waals surface area contributed by atoms with Crippen LogP contribution in [-0.4, -0.2) is 23.8 Å². The molecule has 0 spiro atoms. The first-order valence-electron chi connectivity index (χ1n) is 8.48. The van der Waals surface area contributed by atoms with Gasteiger partial charge in [-0.3, -0.25) is 9.59 Å². The number of carbonyl (C=O) groups is 3. The fraction of sp³-hybridized carbons (Fsp3) is 0.190. The second-order valence-corrected chi connectivity index (χ2v) is 7.28. The Hall–Kier alpha value is -2.99. The molecule has 0 bridgehead atoms. The molecule has 3 rings (SSSR count). The van der Waals surface area contributed by atoms with Gasteiger partial charge in [0.05, 0.1) is 0 Å². The van der Waals surface area contributed by atoms with E-state index in [1.54, 1.807) is 24.3 Å². The summed E-state index contributed by atoms with van der Waals surface area (Å²) in [6.07, 6.45) is -0.969. The highest BCUT2D eigenvalue weighted by Crippen LogP contribution is 2.31. The van der Waals surface area contributed by atoms with Crippen LogP contribution in [0.5, 0.6) is 0 Å². The molecule has 27 heavy (non-hydrogen) atoms. The Bertz CT molecular complexity index is 1040. The van der Waals surface area contributed by atoms with Crippen molar-refractivity contribution in [1.82, 2.24) is 0 Å². The van der Waals surface area contributed by atoms with Crippen LogP contribution in [0.4, 0.5) is 5.69 Å². The number of hydrogen-bond acceptors (Lipinski definition) is 5. The summed E-state index contributed by atoms with van der Waals surface area (Å²) in [5.74, 6) is -1.07. The molecule has 3 aromatic rings. The number of amides is 1. The lowest BCUT2D eigenvalue weighted by Gasteiger charge is -2.13. The first-order valence-corrected chi connectivity index (χ1v) is 9.29. The van der Waals surface area contributed by atoms with E-state index in [0.717, 1.165) is 15.6 Å². The van der Waals surface area contributed by atoms with Crippen molar-refractivity contribution in [1.29, 1.82) is 0 Å². The molecule has 0 aliphatic rings. The summed E-state index contributed by atoms with van der Waals surface area (Å²) in [6, 6.07) is 14.4. The molecule has 0 saturated heterocycles. The Morgan fingerprint density at radius 2 is 1.81 bits per heavy atom. The quantitative estimate of drug-likeness (QED) is 0.518. The van der Waals surface area contributed by atoms with Gasteiger partial charge in [-0.1, -0.05) is 30.3 Å². The van der Waals surface area contributed by atoms with Crippen molar-refractivity contribution < 1.29 is 19.1 Å². The average molecular weight is 381 g/mol. The van der Waals surface area contributed by atoms with Gasteiger partial charge in [0.25, 0.3) is 5.91 Å². The van der Waals surface area contributed by atoms with Gasteiger partial charge in [-0.2, -0.15) is 0 Å². The number of anilines is 1. The maximum atomic E-state index is 12.5. The number of hydrogen-bond donors (Lipinski definition) is 1. The van der Waals surface area contributed by atoms with Gasteiger partial charge in [0.1, 0.15) is 4.88 Å². The van der Waals surface area contributed by atoms with Crippen molar-refractivity contribution in [2.45, 2.75) is 26.9 Å². The highest BCUT2D eigenvalue weighted by molar-refractivity contribution is 7.21. The number of carbonyl (C=O) groups excluding carboxylic acids is 3. The van der Waals surface area contributed by atoms with E-state index >= 15 is 0 Å². The molecular formula is C21H19NO4S. The molecule has 0 aliphatic carbocycles. The van der Waals surface area contributed by atoms with E-state index in [1.807, 2.05) is 31.2 Å². The van der Waals surface area contributed by atoms with Gasteiger partial charge in [0.2, 0.25) is 0 Å².